The largest absolute Gasteiger partial charge is 0.415 e. The number of ether oxygens (including phenoxy) is 1. The second kappa shape index (κ2) is 7.22. The van der Waals surface area contributed by atoms with Gasteiger partial charge in [0.1, 0.15) is 16.6 Å². The summed E-state index contributed by atoms with van der Waals surface area (Å²) in [6, 6.07) is 5.08. The zero-order valence-electron chi connectivity index (χ0n) is 15.6. The van der Waals surface area contributed by atoms with Gasteiger partial charge < -0.3 is 4.74 Å². The van der Waals surface area contributed by atoms with Crippen LogP contribution in [0.4, 0.5) is 9.18 Å². The van der Waals surface area contributed by atoms with E-state index in [0.717, 1.165) is 49.8 Å². The number of carbonyl (C=O) groups is 1. The van der Waals surface area contributed by atoms with Crippen LogP contribution < -0.4 is 10.3 Å². The van der Waals surface area contributed by atoms with Crippen molar-refractivity contribution in [1.82, 2.24) is 19.5 Å². The van der Waals surface area contributed by atoms with E-state index >= 15 is 0 Å². The molecule has 0 radical (unpaired) electrons. The molecule has 0 bridgehead atoms. The molecule has 5 rings (SSSR count). The van der Waals surface area contributed by atoms with Crippen LogP contribution >= 0.6 is 11.3 Å². The fraction of sp³-hybridized carbons (Fsp3) is 0.400. The lowest BCUT2D eigenvalue weighted by Gasteiger charge is -2.21. The molecule has 9 heteroatoms. The minimum Gasteiger partial charge on any atom is -0.410 e. The Kier molecular flexibility index (Phi) is 4.54. The third-order valence-electron chi connectivity index (χ3n) is 5.49. The van der Waals surface area contributed by atoms with Crippen molar-refractivity contribution in [1.29, 1.82) is 0 Å². The molecule has 0 spiro atoms. The second-order valence-corrected chi connectivity index (χ2v) is 8.34. The molecular formula is C20H19FN4O3S. The van der Waals surface area contributed by atoms with Gasteiger partial charge in [0.2, 0.25) is 4.96 Å². The van der Waals surface area contributed by atoms with Gasteiger partial charge in [0.05, 0.1) is 11.7 Å². The molecule has 0 N–H and O–H groups in total. The Hall–Kier alpha value is -2.81. The van der Waals surface area contributed by atoms with Crippen molar-refractivity contribution < 1.29 is 13.9 Å². The van der Waals surface area contributed by atoms with Crippen LogP contribution in [0.3, 0.4) is 0 Å². The second-order valence-electron chi connectivity index (χ2n) is 7.36. The number of aromatic nitrogens is 3. The average molecular weight is 414 g/mol. The van der Waals surface area contributed by atoms with Crippen molar-refractivity contribution in [2.24, 2.45) is 0 Å². The van der Waals surface area contributed by atoms with Crippen molar-refractivity contribution in [2.75, 3.05) is 6.54 Å². The van der Waals surface area contributed by atoms with Gasteiger partial charge in [-0.1, -0.05) is 11.3 Å². The molecule has 1 fully saturated rings. The van der Waals surface area contributed by atoms with Crippen LogP contribution in [0.5, 0.6) is 5.75 Å². The Bertz CT molecular complexity index is 1140. The van der Waals surface area contributed by atoms with Gasteiger partial charge >= 0.3 is 6.09 Å². The normalized spacial score (nSPS) is 18.8. The number of amides is 1. The maximum atomic E-state index is 13.1. The van der Waals surface area contributed by atoms with Crippen LogP contribution in [0, 0.1) is 5.82 Å². The van der Waals surface area contributed by atoms with Crippen molar-refractivity contribution in [3.8, 4) is 5.75 Å². The third kappa shape index (κ3) is 3.29. The molecule has 0 saturated carbocycles. The number of hydrogen-bond donors (Lipinski definition) is 0. The van der Waals surface area contributed by atoms with Gasteiger partial charge in [-0.15, -0.1) is 0 Å². The maximum Gasteiger partial charge on any atom is 0.415 e. The first-order valence-corrected chi connectivity index (χ1v) is 10.6. The summed E-state index contributed by atoms with van der Waals surface area (Å²) in [7, 11) is 0. The van der Waals surface area contributed by atoms with Crippen LogP contribution in [0.25, 0.3) is 4.96 Å². The molecule has 1 saturated heterocycles. The molecule has 29 heavy (non-hydrogen) atoms. The lowest BCUT2D eigenvalue weighted by molar-refractivity contribution is 0.147. The smallest absolute Gasteiger partial charge is 0.410 e. The van der Waals surface area contributed by atoms with E-state index in [-0.39, 0.29) is 23.2 Å². The van der Waals surface area contributed by atoms with E-state index in [1.54, 1.807) is 4.90 Å². The first kappa shape index (κ1) is 18.2. The number of nitrogens with zero attached hydrogens (tertiary/aromatic N) is 4. The lowest BCUT2D eigenvalue weighted by atomic mass is 9.97. The van der Waals surface area contributed by atoms with Gasteiger partial charge in [0.15, 0.2) is 0 Å². The zero-order valence-corrected chi connectivity index (χ0v) is 16.5. The molecule has 1 atom stereocenters. The Labute approximate surface area is 169 Å². The van der Waals surface area contributed by atoms with E-state index in [1.807, 2.05) is 0 Å². The predicted octanol–water partition coefficient (Wildman–Crippen LogP) is 3.50. The molecular weight excluding hydrogens is 395 g/mol. The Balaban J connectivity index is 1.44. The van der Waals surface area contributed by atoms with E-state index in [1.165, 1.54) is 40.1 Å². The molecule has 1 amide bonds. The fourth-order valence-corrected chi connectivity index (χ4v) is 5.08. The molecule has 2 aliphatic rings. The molecule has 2 aromatic heterocycles. The van der Waals surface area contributed by atoms with E-state index < -0.39 is 6.09 Å². The quantitative estimate of drug-likeness (QED) is 0.641. The summed E-state index contributed by atoms with van der Waals surface area (Å²) in [5.41, 5.74) is 1.56. The summed E-state index contributed by atoms with van der Waals surface area (Å²) >= 11 is 1.35. The third-order valence-corrected chi connectivity index (χ3v) is 6.50. The van der Waals surface area contributed by atoms with Crippen molar-refractivity contribution in [2.45, 2.75) is 44.6 Å². The molecule has 1 aromatic carbocycles. The van der Waals surface area contributed by atoms with Crippen molar-refractivity contribution >= 4 is 22.4 Å². The summed E-state index contributed by atoms with van der Waals surface area (Å²) < 4.78 is 19.8. The minimum atomic E-state index is -0.502. The molecule has 3 heterocycles. The summed E-state index contributed by atoms with van der Waals surface area (Å²) in [6.45, 7) is 0.541. The van der Waals surface area contributed by atoms with E-state index in [2.05, 4.69) is 10.1 Å². The summed E-state index contributed by atoms with van der Waals surface area (Å²) in [6.07, 6.45) is 4.68. The van der Waals surface area contributed by atoms with Gasteiger partial charge in [-0.25, -0.2) is 14.2 Å². The number of carbonyl (C=O) groups excluding carboxylic acids is 1. The number of hydrogen-bond acceptors (Lipinski definition) is 6. The molecule has 3 aromatic rings. The average Bonchev–Trinajstić information content (AvgIpc) is 3.37. The zero-order chi connectivity index (χ0) is 20.0. The topological polar surface area (TPSA) is 76.8 Å². The van der Waals surface area contributed by atoms with E-state index in [9.17, 15) is 14.0 Å². The highest BCUT2D eigenvalue weighted by Crippen LogP contribution is 2.35. The fourth-order valence-electron chi connectivity index (χ4n) is 4.03. The Morgan fingerprint density at radius 2 is 1.97 bits per heavy atom. The van der Waals surface area contributed by atoms with Crippen LogP contribution in [-0.2, 0) is 12.8 Å². The van der Waals surface area contributed by atoms with Crippen molar-refractivity contribution in [3.63, 3.8) is 0 Å². The number of rotatable bonds is 2. The molecule has 0 unspecified atom stereocenters. The Morgan fingerprint density at radius 3 is 2.79 bits per heavy atom. The summed E-state index contributed by atoms with van der Waals surface area (Å²) in [5.74, 6) is -0.101. The van der Waals surface area contributed by atoms with Gasteiger partial charge in [0.25, 0.3) is 5.56 Å². The van der Waals surface area contributed by atoms with Gasteiger partial charge in [-0.2, -0.15) is 9.61 Å². The SMILES string of the molecule is O=C(Oc1ccc(F)cc1)N1CCC[C@@H]1c1nn2c(=O)c3c(nc2s1)CCCC3. The van der Waals surface area contributed by atoms with E-state index in [0.29, 0.717) is 16.5 Å². The van der Waals surface area contributed by atoms with Crippen LogP contribution in [0.1, 0.15) is 48.0 Å². The van der Waals surface area contributed by atoms with Crippen LogP contribution in [0.2, 0.25) is 0 Å². The van der Waals surface area contributed by atoms with Crippen molar-refractivity contribution in [3.05, 3.63) is 56.7 Å². The summed E-state index contributed by atoms with van der Waals surface area (Å²) in [4.78, 5) is 32.3. The molecule has 1 aliphatic heterocycles. The number of halogens is 1. The maximum absolute atomic E-state index is 13.1. The summed E-state index contributed by atoms with van der Waals surface area (Å²) in [5, 5.41) is 5.20. The number of likely N-dealkylation sites (tertiary alicyclic amines) is 1. The minimum absolute atomic E-state index is 0.0920. The van der Waals surface area contributed by atoms with Gasteiger partial charge in [0, 0.05) is 12.1 Å². The standard InChI is InChI=1S/C20H19FN4O3S/c21-12-7-9-13(10-8-12)28-20(27)24-11-3-6-16(24)17-23-25-18(26)14-4-1-2-5-15(14)22-19(25)29-17/h7-10,16H,1-6,11H2/t16-/m1/s1. The number of aryl methyl sites for hydroxylation is 1. The first-order valence-electron chi connectivity index (χ1n) is 9.76. The number of fused-ring (bicyclic) bond motifs is 2. The van der Waals surface area contributed by atoms with Gasteiger partial charge in [-0.3, -0.25) is 9.69 Å². The molecule has 150 valence electrons. The molecule has 1 aliphatic carbocycles. The predicted molar refractivity (Wildman–Crippen MR) is 105 cm³/mol. The monoisotopic (exact) mass is 414 g/mol. The Morgan fingerprint density at radius 1 is 1.17 bits per heavy atom. The lowest BCUT2D eigenvalue weighted by Crippen LogP contribution is -2.33. The first-order chi connectivity index (χ1) is 14.1. The van der Waals surface area contributed by atoms with Gasteiger partial charge in [-0.05, 0) is 62.8 Å². The van der Waals surface area contributed by atoms with Crippen LogP contribution in [-0.4, -0.2) is 32.1 Å². The molecule has 7 nitrogen and oxygen atoms in total. The number of benzene rings is 1. The highest BCUT2D eigenvalue weighted by molar-refractivity contribution is 7.16. The highest BCUT2D eigenvalue weighted by atomic mass is 32.1. The van der Waals surface area contributed by atoms with Crippen LogP contribution in [0.15, 0.2) is 29.1 Å². The van der Waals surface area contributed by atoms with E-state index in [4.69, 9.17) is 4.74 Å². The highest BCUT2D eigenvalue weighted by Gasteiger charge is 2.34.